The molecule has 26 heavy (non-hydrogen) atoms. The van der Waals surface area contributed by atoms with Gasteiger partial charge in [-0.2, -0.15) is 0 Å². The van der Waals surface area contributed by atoms with Crippen LogP contribution in [0.25, 0.3) is 10.8 Å². The number of benzene rings is 2. The Hall–Kier alpha value is -1.91. The third-order valence-corrected chi connectivity index (χ3v) is 5.82. The lowest BCUT2D eigenvalue weighted by Crippen LogP contribution is -2.47. The van der Waals surface area contributed by atoms with Crippen LogP contribution in [-0.4, -0.2) is 50.6 Å². The highest BCUT2D eigenvalue weighted by Gasteiger charge is 2.36. The van der Waals surface area contributed by atoms with E-state index >= 15 is 0 Å². The number of likely N-dealkylation sites (tertiary alicyclic amines) is 1. The molecule has 0 aromatic heterocycles. The van der Waals surface area contributed by atoms with Gasteiger partial charge in [0.25, 0.3) is 0 Å². The fraction of sp³-hybridized carbons (Fsp3) is 0.500. The molecule has 0 unspecified atom stereocenters. The number of hydrogen-bond acceptors (Lipinski definition) is 4. The second-order valence-corrected chi connectivity index (χ2v) is 7.66. The summed E-state index contributed by atoms with van der Waals surface area (Å²) in [5.74, 6) is 1.80. The zero-order valence-electron chi connectivity index (χ0n) is 15.6. The summed E-state index contributed by atoms with van der Waals surface area (Å²) in [6, 6.07) is 11.9. The summed E-state index contributed by atoms with van der Waals surface area (Å²) in [6.45, 7) is 2.99. The van der Waals surface area contributed by atoms with E-state index in [4.69, 9.17) is 9.47 Å². The molecule has 1 saturated carbocycles. The summed E-state index contributed by atoms with van der Waals surface area (Å²) in [6.07, 6.45) is 3.64. The van der Waals surface area contributed by atoms with Gasteiger partial charge in [0.2, 0.25) is 0 Å². The molecular weight excluding hydrogens is 326 g/mol. The molecule has 1 aliphatic carbocycles. The van der Waals surface area contributed by atoms with Crippen molar-refractivity contribution in [2.75, 3.05) is 33.9 Å². The molecule has 1 heterocycles. The number of nitrogens with zero attached hydrogens (tertiary/aromatic N) is 1. The SMILES string of the molecule is COc1ccc2cc(C(=O)[C@H]3CN(CC4CC4)CC[C@@H]3OC)ccc2c1. The van der Waals surface area contributed by atoms with Crippen molar-refractivity contribution in [3.05, 3.63) is 42.0 Å². The molecule has 2 aliphatic rings. The highest BCUT2D eigenvalue weighted by molar-refractivity contribution is 6.02. The molecule has 2 aromatic carbocycles. The molecule has 0 N–H and O–H groups in total. The van der Waals surface area contributed by atoms with E-state index < -0.39 is 0 Å². The number of piperidine rings is 1. The lowest BCUT2D eigenvalue weighted by atomic mass is 9.86. The maximum atomic E-state index is 13.3. The van der Waals surface area contributed by atoms with Crippen LogP contribution in [0.3, 0.4) is 0 Å². The van der Waals surface area contributed by atoms with Gasteiger partial charge < -0.3 is 14.4 Å². The van der Waals surface area contributed by atoms with E-state index in [0.29, 0.717) is 0 Å². The first-order valence-electron chi connectivity index (χ1n) is 9.55. The minimum absolute atomic E-state index is 0.0181. The van der Waals surface area contributed by atoms with E-state index in [1.165, 1.54) is 12.8 Å². The molecule has 2 fully saturated rings. The highest BCUT2D eigenvalue weighted by Crippen LogP contribution is 2.32. The standard InChI is InChI=1S/C22H27NO3/c1-25-19-8-7-16-11-18(6-5-17(16)12-19)22(24)20-14-23(13-15-3-4-15)10-9-21(20)26-2/h5-8,11-12,15,20-21H,3-4,9-10,13-14H2,1-2H3/t20-,21-/m0/s1. The number of ketones is 1. The van der Waals surface area contributed by atoms with Crippen LogP contribution in [0.1, 0.15) is 29.6 Å². The van der Waals surface area contributed by atoms with E-state index in [9.17, 15) is 4.79 Å². The summed E-state index contributed by atoms with van der Waals surface area (Å²) in [5, 5.41) is 2.15. The number of carbonyl (C=O) groups excluding carboxylic acids is 1. The molecule has 2 aromatic rings. The molecule has 2 atom stereocenters. The van der Waals surface area contributed by atoms with E-state index in [0.717, 1.165) is 54.1 Å². The van der Waals surface area contributed by atoms with Crippen molar-refractivity contribution < 1.29 is 14.3 Å². The minimum atomic E-state index is -0.0804. The summed E-state index contributed by atoms with van der Waals surface area (Å²) in [4.78, 5) is 15.7. The van der Waals surface area contributed by atoms with Gasteiger partial charge in [-0.15, -0.1) is 0 Å². The molecular formula is C22H27NO3. The van der Waals surface area contributed by atoms with Crippen LogP contribution >= 0.6 is 0 Å². The monoisotopic (exact) mass is 353 g/mol. The van der Waals surface area contributed by atoms with Gasteiger partial charge in [-0.25, -0.2) is 0 Å². The number of carbonyl (C=O) groups is 1. The van der Waals surface area contributed by atoms with Crippen LogP contribution in [0.5, 0.6) is 5.75 Å². The Morgan fingerprint density at radius 1 is 1.08 bits per heavy atom. The summed E-state index contributed by atoms with van der Waals surface area (Å²) < 4.78 is 11.0. The average molecular weight is 353 g/mol. The van der Waals surface area contributed by atoms with E-state index in [1.807, 2.05) is 36.4 Å². The Bertz CT molecular complexity index is 799. The van der Waals surface area contributed by atoms with Crippen LogP contribution in [0.4, 0.5) is 0 Å². The van der Waals surface area contributed by atoms with Crippen molar-refractivity contribution in [3.63, 3.8) is 0 Å². The zero-order chi connectivity index (χ0) is 18.1. The molecule has 138 valence electrons. The second kappa shape index (κ2) is 7.37. The first kappa shape index (κ1) is 17.5. The summed E-state index contributed by atoms with van der Waals surface area (Å²) >= 11 is 0. The largest absolute Gasteiger partial charge is 0.497 e. The fourth-order valence-electron chi connectivity index (χ4n) is 4.08. The molecule has 0 amide bonds. The zero-order valence-corrected chi connectivity index (χ0v) is 15.6. The number of fused-ring (bicyclic) bond motifs is 1. The fourth-order valence-corrected chi connectivity index (χ4v) is 4.08. The number of ether oxygens (including phenoxy) is 2. The van der Waals surface area contributed by atoms with Crippen molar-refractivity contribution in [2.45, 2.75) is 25.4 Å². The molecule has 1 saturated heterocycles. The van der Waals surface area contributed by atoms with Gasteiger partial charge in [0.1, 0.15) is 5.75 Å². The molecule has 4 heteroatoms. The topological polar surface area (TPSA) is 38.8 Å². The molecule has 0 radical (unpaired) electrons. The average Bonchev–Trinajstić information content (AvgIpc) is 3.50. The third-order valence-electron chi connectivity index (χ3n) is 5.82. The first-order chi connectivity index (χ1) is 12.7. The lowest BCUT2D eigenvalue weighted by molar-refractivity contribution is -0.00137. The summed E-state index contributed by atoms with van der Waals surface area (Å²) in [7, 11) is 3.40. The normalized spacial score (nSPS) is 23.9. The van der Waals surface area contributed by atoms with E-state index in [1.54, 1.807) is 14.2 Å². The first-order valence-corrected chi connectivity index (χ1v) is 9.55. The van der Waals surface area contributed by atoms with Crippen molar-refractivity contribution in [2.24, 2.45) is 11.8 Å². The number of rotatable bonds is 6. The Labute approximate surface area is 155 Å². The number of Topliss-reactive ketones (excluding diaryl/α,β-unsaturated/α-hetero) is 1. The van der Waals surface area contributed by atoms with Crippen LogP contribution in [-0.2, 0) is 4.74 Å². The third kappa shape index (κ3) is 3.62. The Morgan fingerprint density at radius 2 is 1.85 bits per heavy atom. The van der Waals surface area contributed by atoms with Gasteiger partial charge in [-0.3, -0.25) is 4.79 Å². The quantitative estimate of drug-likeness (QED) is 0.741. The predicted molar refractivity (Wildman–Crippen MR) is 103 cm³/mol. The Kier molecular flexibility index (Phi) is 4.96. The van der Waals surface area contributed by atoms with Gasteiger partial charge in [0, 0.05) is 32.3 Å². The molecule has 0 bridgehead atoms. The smallest absolute Gasteiger partial charge is 0.169 e. The maximum absolute atomic E-state index is 13.3. The number of hydrogen-bond donors (Lipinski definition) is 0. The van der Waals surface area contributed by atoms with Gasteiger partial charge >= 0.3 is 0 Å². The molecule has 4 rings (SSSR count). The van der Waals surface area contributed by atoms with Crippen molar-refractivity contribution in [3.8, 4) is 5.75 Å². The maximum Gasteiger partial charge on any atom is 0.169 e. The van der Waals surface area contributed by atoms with Crippen LogP contribution < -0.4 is 4.74 Å². The second-order valence-electron chi connectivity index (χ2n) is 7.66. The highest BCUT2D eigenvalue weighted by atomic mass is 16.5. The van der Waals surface area contributed by atoms with Crippen LogP contribution in [0.15, 0.2) is 36.4 Å². The van der Waals surface area contributed by atoms with Crippen LogP contribution in [0.2, 0.25) is 0 Å². The summed E-state index contributed by atoms with van der Waals surface area (Å²) in [5.41, 5.74) is 0.781. The van der Waals surface area contributed by atoms with Crippen LogP contribution in [0, 0.1) is 11.8 Å². The van der Waals surface area contributed by atoms with Crippen molar-refractivity contribution in [1.29, 1.82) is 0 Å². The lowest BCUT2D eigenvalue weighted by Gasteiger charge is -2.37. The number of methoxy groups -OCH3 is 2. The van der Waals surface area contributed by atoms with Gasteiger partial charge in [-0.1, -0.05) is 18.2 Å². The van der Waals surface area contributed by atoms with Crippen molar-refractivity contribution >= 4 is 16.6 Å². The van der Waals surface area contributed by atoms with Gasteiger partial charge in [0.05, 0.1) is 19.1 Å². The minimum Gasteiger partial charge on any atom is -0.497 e. The van der Waals surface area contributed by atoms with E-state index in [2.05, 4.69) is 4.90 Å². The Balaban J connectivity index is 1.56. The predicted octanol–water partition coefficient (Wildman–Crippen LogP) is 3.78. The Morgan fingerprint density at radius 3 is 2.58 bits per heavy atom. The van der Waals surface area contributed by atoms with Gasteiger partial charge in [-0.05, 0) is 54.2 Å². The van der Waals surface area contributed by atoms with Gasteiger partial charge in [0.15, 0.2) is 5.78 Å². The molecule has 1 aliphatic heterocycles. The van der Waals surface area contributed by atoms with E-state index in [-0.39, 0.29) is 17.8 Å². The molecule has 4 nitrogen and oxygen atoms in total. The molecule has 0 spiro atoms. The van der Waals surface area contributed by atoms with Crippen molar-refractivity contribution in [1.82, 2.24) is 4.90 Å².